The quantitative estimate of drug-likeness (QED) is 0.796. The first kappa shape index (κ1) is 16.4. The molecule has 7 heteroatoms. The van der Waals surface area contributed by atoms with Crippen LogP contribution in [0.4, 0.5) is 0 Å². The Hall–Kier alpha value is -1.63. The molecule has 1 aromatic heterocycles. The standard InChI is InChI=1S/C13H20N2O4S/c1-9-8-20-12(19)15(9)6-4-5-10(16)14-13(2,3)7-11(17)18/h8H,4-7H2,1-3H3,(H,14,16)(H,17,18). The third-order valence-electron chi connectivity index (χ3n) is 2.83. The van der Waals surface area contributed by atoms with E-state index >= 15 is 0 Å². The van der Waals surface area contributed by atoms with Crippen LogP contribution in [0.25, 0.3) is 0 Å². The molecule has 2 N–H and O–H groups in total. The van der Waals surface area contributed by atoms with Crippen molar-refractivity contribution in [2.75, 3.05) is 0 Å². The highest BCUT2D eigenvalue weighted by molar-refractivity contribution is 7.07. The van der Waals surface area contributed by atoms with Crippen LogP contribution in [0.5, 0.6) is 0 Å². The Morgan fingerprint density at radius 2 is 2.10 bits per heavy atom. The summed E-state index contributed by atoms with van der Waals surface area (Å²) in [6, 6.07) is 0. The first-order chi connectivity index (χ1) is 9.21. The Balaban J connectivity index is 2.41. The molecule has 6 nitrogen and oxygen atoms in total. The van der Waals surface area contributed by atoms with Gasteiger partial charge in [0.15, 0.2) is 0 Å². The van der Waals surface area contributed by atoms with Crippen molar-refractivity contribution >= 4 is 23.2 Å². The topological polar surface area (TPSA) is 88.4 Å². The number of carbonyl (C=O) groups excluding carboxylic acids is 1. The Labute approximate surface area is 121 Å². The molecule has 0 fully saturated rings. The molecule has 0 unspecified atom stereocenters. The number of carboxylic acid groups (broad SMARTS) is 1. The van der Waals surface area contributed by atoms with Crippen LogP contribution in [-0.2, 0) is 16.1 Å². The first-order valence-corrected chi connectivity index (χ1v) is 7.27. The molecule has 0 aliphatic heterocycles. The second kappa shape index (κ2) is 6.69. The van der Waals surface area contributed by atoms with E-state index in [0.717, 1.165) is 17.0 Å². The molecule has 1 heterocycles. The minimum Gasteiger partial charge on any atom is -0.481 e. The average molecular weight is 300 g/mol. The lowest BCUT2D eigenvalue weighted by Gasteiger charge is -2.24. The SMILES string of the molecule is Cc1csc(=O)n1CCCC(=O)NC(C)(C)CC(=O)O. The van der Waals surface area contributed by atoms with Gasteiger partial charge < -0.3 is 15.0 Å². The Kier molecular flexibility index (Phi) is 5.50. The summed E-state index contributed by atoms with van der Waals surface area (Å²) in [7, 11) is 0. The van der Waals surface area contributed by atoms with Crippen molar-refractivity contribution in [1.29, 1.82) is 0 Å². The number of aromatic nitrogens is 1. The number of rotatable bonds is 7. The predicted molar refractivity (Wildman–Crippen MR) is 77.0 cm³/mol. The van der Waals surface area contributed by atoms with Crippen molar-refractivity contribution in [3.8, 4) is 0 Å². The third-order valence-corrected chi connectivity index (χ3v) is 3.71. The summed E-state index contributed by atoms with van der Waals surface area (Å²) >= 11 is 1.15. The monoisotopic (exact) mass is 300 g/mol. The Morgan fingerprint density at radius 3 is 2.60 bits per heavy atom. The maximum absolute atomic E-state index is 11.7. The smallest absolute Gasteiger partial charge is 0.307 e. The number of carbonyl (C=O) groups is 2. The van der Waals surface area contributed by atoms with E-state index in [-0.39, 0.29) is 23.6 Å². The van der Waals surface area contributed by atoms with Gasteiger partial charge in [0.2, 0.25) is 5.91 Å². The maximum Gasteiger partial charge on any atom is 0.307 e. The summed E-state index contributed by atoms with van der Waals surface area (Å²) < 4.78 is 1.64. The fourth-order valence-electron chi connectivity index (χ4n) is 1.93. The Morgan fingerprint density at radius 1 is 1.45 bits per heavy atom. The van der Waals surface area contributed by atoms with Gasteiger partial charge in [-0.15, -0.1) is 0 Å². The van der Waals surface area contributed by atoms with E-state index in [9.17, 15) is 14.4 Å². The van der Waals surface area contributed by atoms with Gasteiger partial charge in [0.05, 0.1) is 6.42 Å². The van der Waals surface area contributed by atoms with Gasteiger partial charge in [0.1, 0.15) is 0 Å². The molecule has 1 aromatic rings. The molecule has 0 aliphatic carbocycles. The highest BCUT2D eigenvalue weighted by Crippen LogP contribution is 2.09. The second-order valence-corrected chi connectivity index (χ2v) is 6.22. The van der Waals surface area contributed by atoms with Gasteiger partial charge in [0.25, 0.3) is 0 Å². The molecule has 0 aromatic carbocycles. The molecule has 0 spiro atoms. The summed E-state index contributed by atoms with van der Waals surface area (Å²) in [4.78, 5) is 33.9. The van der Waals surface area contributed by atoms with Gasteiger partial charge in [-0.3, -0.25) is 14.4 Å². The van der Waals surface area contributed by atoms with Crippen molar-refractivity contribution in [3.05, 3.63) is 20.7 Å². The normalized spacial score (nSPS) is 11.3. The molecule has 1 amide bonds. The number of thiazole rings is 1. The van der Waals surface area contributed by atoms with E-state index in [0.29, 0.717) is 13.0 Å². The van der Waals surface area contributed by atoms with Crippen molar-refractivity contribution < 1.29 is 14.7 Å². The van der Waals surface area contributed by atoms with Crippen LogP contribution < -0.4 is 10.2 Å². The number of hydrogen-bond acceptors (Lipinski definition) is 4. The van der Waals surface area contributed by atoms with Crippen LogP contribution in [0, 0.1) is 6.92 Å². The first-order valence-electron chi connectivity index (χ1n) is 6.39. The van der Waals surface area contributed by atoms with Crippen LogP contribution in [0.3, 0.4) is 0 Å². The summed E-state index contributed by atoms with van der Waals surface area (Å²) in [5.74, 6) is -1.15. The average Bonchev–Trinajstić information content (AvgIpc) is 2.57. The number of hydrogen-bond donors (Lipinski definition) is 2. The zero-order chi connectivity index (χ0) is 15.3. The van der Waals surface area contributed by atoms with Gasteiger partial charge in [-0.25, -0.2) is 0 Å². The van der Waals surface area contributed by atoms with E-state index in [4.69, 9.17) is 5.11 Å². The summed E-state index contributed by atoms with van der Waals surface area (Å²) in [6.07, 6.45) is 0.694. The minimum atomic E-state index is -0.948. The number of aliphatic carboxylic acids is 1. The summed E-state index contributed by atoms with van der Waals surface area (Å²) in [5.41, 5.74) is 0.129. The van der Waals surface area contributed by atoms with Gasteiger partial charge in [0, 0.05) is 29.6 Å². The molecule has 0 saturated carbocycles. The molecular formula is C13H20N2O4S. The van der Waals surface area contributed by atoms with Crippen molar-refractivity contribution in [3.63, 3.8) is 0 Å². The van der Waals surface area contributed by atoms with Crippen LogP contribution in [0.2, 0.25) is 0 Å². The van der Waals surface area contributed by atoms with E-state index < -0.39 is 11.5 Å². The molecule has 0 saturated heterocycles. The second-order valence-electron chi connectivity index (χ2n) is 5.40. The van der Waals surface area contributed by atoms with Crippen molar-refractivity contribution in [1.82, 2.24) is 9.88 Å². The van der Waals surface area contributed by atoms with E-state index in [1.54, 1.807) is 23.8 Å². The van der Waals surface area contributed by atoms with Crippen molar-refractivity contribution in [2.24, 2.45) is 0 Å². The van der Waals surface area contributed by atoms with Gasteiger partial charge >= 0.3 is 10.8 Å². The van der Waals surface area contributed by atoms with Crippen LogP contribution in [0.1, 0.15) is 38.8 Å². The molecule has 0 aliphatic rings. The highest BCUT2D eigenvalue weighted by Gasteiger charge is 2.23. The fraction of sp³-hybridized carbons (Fsp3) is 0.615. The largest absolute Gasteiger partial charge is 0.481 e. The molecule has 0 bridgehead atoms. The van der Waals surface area contributed by atoms with Crippen molar-refractivity contribution in [2.45, 2.75) is 52.1 Å². The lowest BCUT2D eigenvalue weighted by atomic mass is 10.0. The fourth-order valence-corrected chi connectivity index (χ4v) is 2.70. The number of aryl methyl sites for hydroxylation is 1. The number of amides is 1. The molecule has 20 heavy (non-hydrogen) atoms. The maximum atomic E-state index is 11.7. The summed E-state index contributed by atoms with van der Waals surface area (Å²) in [5, 5.41) is 13.2. The Bertz CT molecular complexity index is 545. The molecular weight excluding hydrogens is 280 g/mol. The lowest BCUT2D eigenvalue weighted by molar-refractivity contribution is -0.138. The number of nitrogens with zero attached hydrogens (tertiary/aromatic N) is 1. The van der Waals surface area contributed by atoms with Gasteiger partial charge in [-0.2, -0.15) is 0 Å². The van der Waals surface area contributed by atoms with E-state index in [1.807, 2.05) is 6.92 Å². The predicted octanol–water partition coefficient (Wildman–Crippen LogP) is 1.37. The molecule has 1 rings (SSSR count). The third kappa shape index (κ3) is 5.16. The molecule has 0 radical (unpaired) electrons. The van der Waals surface area contributed by atoms with Crippen LogP contribution in [-0.4, -0.2) is 27.1 Å². The lowest BCUT2D eigenvalue weighted by Crippen LogP contribution is -2.44. The zero-order valence-electron chi connectivity index (χ0n) is 11.9. The minimum absolute atomic E-state index is 0.0193. The van der Waals surface area contributed by atoms with Crippen LogP contribution >= 0.6 is 11.3 Å². The van der Waals surface area contributed by atoms with E-state index in [2.05, 4.69) is 5.32 Å². The van der Waals surface area contributed by atoms with Gasteiger partial charge in [-0.05, 0) is 27.2 Å². The number of carboxylic acids is 1. The number of nitrogens with one attached hydrogen (secondary N) is 1. The molecule has 112 valence electrons. The zero-order valence-corrected chi connectivity index (χ0v) is 12.7. The highest BCUT2D eigenvalue weighted by atomic mass is 32.1. The molecule has 0 atom stereocenters. The summed E-state index contributed by atoms with van der Waals surface area (Å²) in [6.45, 7) is 5.70. The van der Waals surface area contributed by atoms with Gasteiger partial charge in [-0.1, -0.05) is 11.3 Å². The van der Waals surface area contributed by atoms with E-state index in [1.165, 1.54) is 0 Å². The van der Waals surface area contributed by atoms with Crippen LogP contribution in [0.15, 0.2) is 10.2 Å².